The number of aryl methyl sites for hydroxylation is 1. The molecule has 4 nitrogen and oxygen atoms in total. The monoisotopic (exact) mass is 456 g/mol. The topological polar surface area (TPSA) is 49.4 Å². The molecule has 0 radical (unpaired) electrons. The lowest BCUT2D eigenvalue weighted by atomic mass is 9.86. The van der Waals surface area contributed by atoms with Crippen LogP contribution in [0.2, 0.25) is 5.02 Å². The largest absolute Gasteiger partial charge is 0.350 e. The third kappa shape index (κ3) is 7.67. The van der Waals surface area contributed by atoms with Gasteiger partial charge in [0.05, 0.1) is 0 Å². The average Bonchev–Trinajstić information content (AvgIpc) is 2.69. The molecule has 1 atom stereocenters. The molecule has 0 aromatic heterocycles. The van der Waals surface area contributed by atoms with Gasteiger partial charge in [0.1, 0.15) is 6.04 Å². The molecule has 0 bridgehead atoms. The van der Waals surface area contributed by atoms with E-state index in [0.717, 1.165) is 11.1 Å². The number of rotatable bonds is 7. The Bertz CT molecular complexity index is 924. The summed E-state index contributed by atoms with van der Waals surface area (Å²) in [6.45, 7) is 14.4. The molecular weight excluding hydrogens is 420 g/mol. The Hall–Kier alpha value is -2.33. The minimum Gasteiger partial charge on any atom is -0.350 e. The maximum Gasteiger partial charge on any atom is 0.242 e. The zero-order chi connectivity index (χ0) is 24.1. The van der Waals surface area contributed by atoms with Gasteiger partial charge in [-0.1, -0.05) is 74.8 Å². The Morgan fingerprint density at radius 3 is 2.09 bits per heavy atom. The average molecular weight is 457 g/mol. The first-order chi connectivity index (χ1) is 14.8. The number of carbonyl (C=O) groups excluding carboxylic acids is 2. The van der Waals surface area contributed by atoms with Crippen molar-refractivity contribution in [3.8, 4) is 0 Å². The number of halogens is 1. The molecule has 2 aromatic rings. The Kier molecular flexibility index (Phi) is 8.53. The molecular formula is C27H37ClN2O2. The van der Waals surface area contributed by atoms with E-state index in [4.69, 9.17) is 11.6 Å². The molecule has 32 heavy (non-hydrogen) atoms. The molecule has 0 aliphatic carbocycles. The molecule has 2 aromatic carbocycles. The highest BCUT2D eigenvalue weighted by Gasteiger charge is 2.28. The summed E-state index contributed by atoms with van der Waals surface area (Å²) in [4.78, 5) is 27.8. The quantitative estimate of drug-likeness (QED) is 0.563. The van der Waals surface area contributed by atoms with E-state index in [1.54, 1.807) is 17.9 Å². The van der Waals surface area contributed by atoms with Gasteiger partial charge >= 0.3 is 0 Å². The molecule has 0 saturated heterocycles. The van der Waals surface area contributed by atoms with Gasteiger partial charge in [-0.15, -0.1) is 0 Å². The van der Waals surface area contributed by atoms with Crippen LogP contribution >= 0.6 is 11.6 Å². The summed E-state index contributed by atoms with van der Waals surface area (Å²) in [6.07, 6.45) is 0.947. The van der Waals surface area contributed by atoms with Crippen molar-refractivity contribution in [3.63, 3.8) is 0 Å². The van der Waals surface area contributed by atoms with Crippen molar-refractivity contribution in [1.29, 1.82) is 0 Å². The summed E-state index contributed by atoms with van der Waals surface area (Å²) in [5.41, 5.74) is 2.92. The zero-order valence-corrected chi connectivity index (χ0v) is 21.2. The standard InChI is InChI=1S/C27H37ClN2O2/c1-19(25(32)29-27(5,6)7)30(18-21-10-8-9-11-23(21)28)24(31)17-14-20-12-15-22(16-13-20)26(2,3)4/h8-13,15-16,19H,14,17-18H2,1-7H3,(H,29,32). The van der Waals surface area contributed by atoms with Crippen LogP contribution in [-0.2, 0) is 28.0 Å². The fraction of sp³-hybridized carbons (Fsp3) is 0.481. The zero-order valence-electron chi connectivity index (χ0n) is 20.5. The predicted molar refractivity (Wildman–Crippen MR) is 133 cm³/mol. The Labute approximate surface area is 198 Å². The first-order valence-corrected chi connectivity index (χ1v) is 11.6. The van der Waals surface area contributed by atoms with Gasteiger partial charge in [0.25, 0.3) is 0 Å². The molecule has 0 aliphatic heterocycles. The fourth-order valence-corrected chi connectivity index (χ4v) is 3.63. The molecule has 0 saturated carbocycles. The molecule has 5 heteroatoms. The highest BCUT2D eigenvalue weighted by molar-refractivity contribution is 6.31. The van der Waals surface area contributed by atoms with E-state index >= 15 is 0 Å². The van der Waals surface area contributed by atoms with Crippen LogP contribution in [0.1, 0.15) is 71.6 Å². The van der Waals surface area contributed by atoms with Crippen molar-refractivity contribution < 1.29 is 9.59 Å². The second kappa shape index (κ2) is 10.5. The van der Waals surface area contributed by atoms with Gasteiger partial charge in [-0.25, -0.2) is 0 Å². The SMILES string of the molecule is CC(C(=O)NC(C)(C)C)N(Cc1ccccc1Cl)C(=O)CCc1ccc(C(C)(C)C)cc1. The lowest BCUT2D eigenvalue weighted by Gasteiger charge is -2.31. The maximum absolute atomic E-state index is 13.3. The Morgan fingerprint density at radius 1 is 0.969 bits per heavy atom. The third-order valence-corrected chi connectivity index (χ3v) is 5.78. The van der Waals surface area contributed by atoms with Crippen LogP contribution in [-0.4, -0.2) is 28.3 Å². The predicted octanol–water partition coefficient (Wildman–Crippen LogP) is 5.90. The third-order valence-electron chi connectivity index (χ3n) is 5.41. The van der Waals surface area contributed by atoms with Crippen LogP contribution in [0.3, 0.4) is 0 Å². The van der Waals surface area contributed by atoms with Crippen molar-refractivity contribution in [2.75, 3.05) is 0 Å². The number of hydrogen-bond donors (Lipinski definition) is 1. The van der Waals surface area contributed by atoms with Crippen LogP contribution in [0.25, 0.3) is 0 Å². The molecule has 2 rings (SSSR count). The van der Waals surface area contributed by atoms with E-state index in [2.05, 4.69) is 50.4 Å². The van der Waals surface area contributed by atoms with Crippen LogP contribution < -0.4 is 5.32 Å². The summed E-state index contributed by atoms with van der Waals surface area (Å²) in [5.74, 6) is -0.242. The molecule has 2 amide bonds. The van der Waals surface area contributed by atoms with Gasteiger partial charge in [0.2, 0.25) is 11.8 Å². The minimum atomic E-state index is -0.610. The van der Waals surface area contributed by atoms with Gasteiger partial charge in [-0.05, 0) is 62.3 Å². The van der Waals surface area contributed by atoms with E-state index in [1.807, 2.05) is 39.0 Å². The molecule has 174 valence electrons. The molecule has 0 spiro atoms. The van der Waals surface area contributed by atoms with Gasteiger partial charge in [-0.2, -0.15) is 0 Å². The summed E-state index contributed by atoms with van der Waals surface area (Å²) < 4.78 is 0. The van der Waals surface area contributed by atoms with Crippen molar-refractivity contribution >= 4 is 23.4 Å². The Balaban J connectivity index is 2.17. The normalized spacial score (nSPS) is 12.9. The molecule has 0 aliphatic rings. The van der Waals surface area contributed by atoms with E-state index < -0.39 is 6.04 Å². The van der Waals surface area contributed by atoms with Crippen molar-refractivity contribution in [2.45, 2.75) is 84.8 Å². The first kappa shape index (κ1) is 25.9. The van der Waals surface area contributed by atoms with E-state index in [1.165, 1.54) is 5.56 Å². The van der Waals surface area contributed by atoms with E-state index in [9.17, 15) is 9.59 Å². The van der Waals surface area contributed by atoms with Crippen molar-refractivity contribution in [3.05, 3.63) is 70.2 Å². The van der Waals surface area contributed by atoms with Crippen LogP contribution in [0.5, 0.6) is 0 Å². The highest BCUT2D eigenvalue weighted by Crippen LogP contribution is 2.23. The lowest BCUT2D eigenvalue weighted by Crippen LogP contribution is -2.52. The van der Waals surface area contributed by atoms with E-state index in [-0.39, 0.29) is 22.8 Å². The first-order valence-electron chi connectivity index (χ1n) is 11.2. The number of carbonyl (C=O) groups is 2. The Morgan fingerprint density at radius 2 is 1.56 bits per heavy atom. The number of hydrogen-bond acceptors (Lipinski definition) is 2. The minimum absolute atomic E-state index is 0.0682. The van der Waals surface area contributed by atoms with Gasteiger partial charge in [-0.3, -0.25) is 9.59 Å². The smallest absolute Gasteiger partial charge is 0.242 e. The van der Waals surface area contributed by atoms with Crippen LogP contribution in [0.4, 0.5) is 0 Å². The summed E-state index contributed by atoms with van der Waals surface area (Å²) >= 11 is 6.35. The van der Waals surface area contributed by atoms with Gasteiger partial charge < -0.3 is 10.2 Å². The number of benzene rings is 2. The van der Waals surface area contributed by atoms with Crippen LogP contribution in [0, 0.1) is 0 Å². The number of nitrogens with zero attached hydrogens (tertiary/aromatic N) is 1. The van der Waals surface area contributed by atoms with E-state index in [0.29, 0.717) is 24.4 Å². The van der Waals surface area contributed by atoms with Crippen LogP contribution in [0.15, 0.2) is 48.5 Å². The van der Waals surface area contributed by atoms with Gasteiger partial charge in [0.15, 0.2) is 0 Å². The number of amides is 2. The molecule has 1 unspecified atom stereocenters. The highest BCUT2D eigenvalue weighted by atomic mass is 35.5. The maximum atomic E-state index is 13.3. The summed E-state index contributed by atoms with van der Waals surface area (Å²) in [5, 5.41) is 3.57. The second-order valence-electron chi connectivity index (χ2n) is 10.5. The van der Waals surface area contributed by atoms with Crippen molar-refractivity contribution in [1.82, 2.24) is 10.2 Å². The molecule has 0 fully saturated rings. The lowest BCUT2D eigenvalue weighted by molar-refractivity contribution is -0.141. The summed E-state index contributed by atoms with van der Waals surface area (Å²) in [7, 11) is 0. The summed E-state index contributed by atoms with van der Waals surface area (Å²) in [6, 6.07) is 15.3. The fourth-order valence-electron chi connectivity index (χ4n) is 3.43. The molecule has 1 N–H and O–H groups in total. The molecule has 0 heterocycles. The number of nitrogens with one attached hydrogen (secondary N) is 1. The van der Waals surface area contributed by atoms with Gasteiger partial charge in [0, 0.05) is 23.5 Å². The second-order valence-corrected chi connectivity index (χ2v) is 10.9. The van der Waals surface area contributed by atoms with Crippen molar-refractivity contribution in [2.24, 2.45) is 0 Å².